The first-order chi connectivity index (χ1) is 7.85. The lowest BCUT2D eigenvalue weighted by molar-refractivity contribution is -0.00740. The van der Waals surface area contributed by atoms with Gasteiger partial charge in [-0.3, -0.25) is 0 Å². The average Bonchev–Trinajstić information content (AvgIpc) is 2.19. The molecule has 0 saturated carbocycles. The molecule has 0 aliphatic carbocycles. The highest BCUT2D eigenvalue weighted by molar-refractivity contribution is 4.62. The smallest absolute Gasteiger partial charge is 0.0598 e. The molecule has 0 amide bonds. The molecule has 0 aliphatic heterocycles. The maximum atomic E-state index is 9.01. The highest BCUT2D eigenvalue weighted by Gasteiger charge is 2.10. The molecule has 0 bridgehead atoms. The lowest BCUT2D eigenvalue weighted by Crippen LogP contribution is -2.31. The minimum atomic E-state index is -0.0419. The first-order valence-electron chi connectivity index (χ1n) is 6.82. The number of ether oxygens (including phenoxy) is 1. The van der Waals surface area contributed by atoms with Crippen molar-refractivity contribution in [3.05, 3.63) is 0 Å². The summed E-state index contributed by atoms with van der Waals surface area (Å²) in [6, 6.07) is 0. The van der Waals surface area contributed by atoms with E-state index in [4.69, 9.17) is 9.84 Å². The van der Waals surface area contributed by atoms with Gasteiger partial charge in [-0.15, -0.1) is 0 Å². The molecule has 0 spiro atoms. The Labute approximate surface area is 107 Å². The van der Waals surface area contributed by atoms with Crippen molar-refractivity contribution >= 4 is 0 Å². The van der Waals surface area contributed by atoms with Gasteiger partial charge in [0.25, 0.3) is 0 Å². The quantitative estimate of drug-likeness (QED) is 0.634. The zero-order valence-electron chi connectivity index (χ0n) is 12.3. The third-order valence-electron chi connectivity index (χ3n) is 2.59. The molecule has 104 valence electrons. The predicted molar refractivity (Wildman–Crippen MR) is 73.3 cm³/mol. The summed E-state index contributed by atoms with van der Waals surface area (Å²) in [5.41, 5.74) is -0.0419. The zero-order valence-corrected chi connectivity index (χ0v) is 12.3. The largest absolute Gasteiger partial charge is 0.395 e. The SMILES string of the molecule is CC(C)CCN(CCO)CCCOC(C)(C)C. The molecule has 1 N–H and O–H groups in total. The van der Waals surface area contributed by atoms with Gasteiger partial charge in [0.05, 0.1) is 12.2 Å². The molecule has 17 heavy (non-hydrogen) atoms. The highest BCUT2D eigenvalue weighted by atomic mass is 16.5. The molecule has 0 aromatic heterocycles. The normalized spacial score (nSPS) is 12.7. The minimum absolute atomic E-state index is 0.0419. The van der Waals surface area contributed by atoms with Crippen molar-refractivity contribution in [1.82, 2.24) is 4.90 Å². The van der Waals surface area contributed by atoms with Crippen LogP contribution in [0.25, 0.3) is 0 Å². The van der Waals surface area contributed by atoms with Gasteiger partial charge >= 0.3 is 0 Å². The van der Waals surface area contributed by atoms with Crippen molar-refractivity contribution in [2.24, 2.45) is 5.92 Å². The van der Waals surface area contributed by atoms with E-state index in [9.17, 15) is 0 Å². The summed E-state index contributed by atoms with van der Waals surface area (Å²) in [4.78, 5) is 2.33. The van der Waals surface area contributed by atoms with E-state index in [1.807, 2.05) is 0 Å². The molecule has 0 aromatic carbocycles. The predicted octanol–water partition coefficient (Wildman–Crippen LogP) is 2.53. The lowest BCUT2D eigenvalue weighted by atomic mass is 10.1. The van der Waals surface area contributed by atoms with Crippen LogP contribution in [-0.2, 0) is 4.74 Å². The number of hydrogen-bond donors (Lipinski definition) is 1. The molecule has 0 atom stereocenters. The topological polar surface area (TPSA) is 32.7 Å². The lowest BCUT2D eigenvalue weighted by Gasteiger charge is -2.24. The van der Waals surface area contributed by atoms with Gasteiger partial charge in [-0.05, 0) is 46.1 Å². The number of aliphatic hydroxyl groups is 1. The van der Waals surface area contributed by atoms with Crippen LogP contribution in [0.3, 0.4) is 0 Å². The number of rotatable bonds is 9. The van der Waals surface area contributed by atoms with E-state index in [0.717, 1.165) is 38.6 Å². The Morgan fingerprint density at radius 1 is 1.12 bits per heavy atom. The van der Waals surface area contributed by atoms with Crippen LogP contribution in [-0.4, -0.2) is 48.5 Å². The number of nitrogens with zero attached hydrogens (tertiary/aromatic N) is 1. The second kappa shape index (κ2) is 8.90. The summed E-state index contributed by atoms with van der Waals surface area (Å²) in [5.74, 6) is 0.724. The molecule has 0 saturated heterocycles. The molecule has 3 heteroatoms. The second-order valence-corrected chi connectivity index (χ2v) is 6.06. The van der Waals surface area contributed by atoms with Crippen LogP contribution >= 0.6 is 0 Å². The van der Waals surface area contributed by atoms with E-state index >= 15 is 0 Å². The maximum Gasteiger partial charge on any atom is 0.0598 e. The van der Waals surface area contributed by atoms with Gasteiger partial charge in [0.1, 0.15) is 0 Å². The summed E-state index contributed by atoms with van der Waals surface area (Å²) in [5, 5.41) is 9.01. The van der Waals surface area contributed by atoms with Gasteiger partial charge in [0, 0.05) is 19.7 Å². The average molecular weight is 245 g/mol. The van der Waals surface area contributed by atoms with Crippen molar-refractivity contribution in [1.29, 1.82) is 0 Å². The van der Waals surface area contributed by atoms with Crippen LogP contribution in [0.15, 0.2) is 0 Å². The Bertz CT molecular complexity index is 176. The van der Waals surface area contributed by atoms with Gasteiger partial charge < -0.3 is 14.7 Å². The van der Waals surface area contributed by atoms with Gasteiger partial charge in [-0.2, -0.15) is 0 Å². The van der Waals surface area contributed by atoms with E-state index < -0.39 is 0 Å². The third-order valence-corrected chi connectivity index (χ3v) is 2.59. The zero-order chi connectivity index (χ0) is 13.3. The molecule has 3 nitrogen and oxygen atoms in total. The fraction of sp³-hybridized carbons (Fsp3) is 1.00. The number of aliphatic hydroxyl groups excluding tert-OH is 1. The van der Waals surface area contributed by atoms with Crippen molar-refractivity contribution in [3.63, 3.8) is 0 Å². The summed E-state index contributed by atoms with van der Waals surface area (Å²) >= 11 is 0. The fourth-order valence-corrected chi connectivity index (χ4v) is 1.58. The maximum absolute atomic E-state index is 9.01. The molecule has 0 radical (unpaired) electrons. The van der Waals surface area contributed by atoms with Crippen LogP contribution in [0.4, 0.5) is 0 Å². The highest BCUT2D eigenvalue weighted by Crippen LogP contribution is 2.08. The van der Waals surface area contributed by atoms with Gasteiger partial charge in [-0.25, -0.2) is 0 Å². The van der Waals surface area contributed by atoms with Crippen LogP contribution in [0, 0.1) is 5.92 Å². The second-order valence-electron chi connectivity index (χ2n) is 6.06. The van der Waals surface area contributed by atoms with E-state index in [0.29, 0.717) is 0 Å². The van der Waals surface area contributed by atoms with E-state index in [1.165, 1.54) is 6.42 Å². The summed E-state index contributed by atoms with van der Waals surface area (Å²) in [7, 11) is 0. The molecular formula is C14H31NO2. The molecule has 0 fully saturated rings. The Morgan fingerprint density at radius 3 is 2.24 bits per heavy atom. The summed E-state index contributed by atoms with van der Waals surface area (Å²) in [6.07, 6.45) is 2.23. The molecule has 0 rings (SSSR count). The molecule has 0 heterocycles. The van der Waals surface area contributed by atoms with Crippen molar-refractivity contribution in [2.45, 2.75) is 53.1 Å². The van der Waals surface area contributed by atoms with E-state index in [-0.39, 0.29) is 12.2 Å². The molecule has 0 aliphatic rings. The Kier molecular flexibility index (Phi) is 8.83. The molecular weight excluding hydrogens is 214 g/mol. The van der Waals surface area contributed by atoms with Crippen molar-refractivity contribution < 1.29 is 9.84 Å². The van der Waals surface area contributed by atoms with Crippen molar-refractivity contribution in [3.8, 4) is 0 Å². The van der Waals surface area contributed by atoms with Gasteiger partial charge in [0.2, 0.25) is 0 Å². The Balaban J connectivity index is 3.69. The summed E-state index contributed by atoms with van der Waals surface area (Å²) < 4.78 is 5.69. The third kappa shape index (κ3) is 12.1. The van der Waals surface area contributed by atoms with Crippen molar-refractivity contribution in [2.75, 3.05) is 32.8 Å². The standard InChI is InChI=1S/C14H31NO2/c1-13(2)7-9-15(10-11-16)8-6-12-17-14(3,4)5/h13,16H,6-12H2,1-5H3. The Hall–Kier alpha value is -0.120. The Morgan fingerprint density at radius 2 is 1.76 bits per heavy atom. The molecule has 0 unspecified atom stereocenters. The van der Waals surface area contributed by atoms with Crippen LogP contribution in [0.5, 0.6) is 0 Å². The molecule has 0 aromatic rings. The minimum Gasteiger partial charge on any atom is -0.395 e. The van der Waals surface area contributed by atoms with Gasteiger partial charge in [-0.1, -0.05) is 13.8 Å². The van der Waals surface area contributed by atoms with E-state index in [1.54, 1.807) is 0 Å². The number of hydrogen-bond acceptors (Lipinski definition) is 3. The van der Waals surface area contributed by atoms with Gasteiger partial charge in [0.15, 0.2) is 0 Å². The van der Waals surface area contributed by atoms with Crippen LogP contribution in [0.2, 0.25) is 0 Å². The first-order valence-corrected chi connectivity index (χ1v) is 6.82. The first kappa shape index (κ1) is 16.9. The van der Waals surface area contributed by atoms with Crippen LogP contribution in [0.1, 0.15) is 47.5 Å². The van der Waals surface area contributed by atoms with Crippen LogP contribution < -0.4 is 0 Å². The monoisotopic (exact) mass is 245 g/mol. The summed E-state index contributed by atoms with van der Waals surface area (Å²) in [6.45, 7) is 14.6. The fourth-order valence-electron chi connectivity index (χ4n) is 1.58. The van der Waals surface area contributed by atoms with E-state index in [2.05, 4.69) is 39.5 Å².